The lowest BCUT2D eigenvalue weighted by atomic mass is 10.1. The minimum Gasteiger partial charge on any atom is -0.343 e. The van der Waals surface area contributed by atoms with Gasteiger partial charge in [-0.25, -0.2) is 0 Å². The van der Waals surface area contributed by atoms with Gasteiger partial charge in [0.1, 0.15) is 0 Å². The molecule has 0 spiro atoms. The molecule has 0 aliphatic rings. The first kappa shape index (κ1) is 19.9. The van der Waals surface area contributed by atoms with Crippen molar-refractivity contribution in [3.8, 4) is 0 Å². The molecule has 0 aliphatic heterocycles. The summed E-state index contributed by atoms with van der Waals surface area (Å²) in [4.78, 5) is 14.0. The van der Waals surface area contributed by atoms with Crippen LogP contribution in [0.1, 0.15) is 84.5 Å². The Labute approximate surface area is 134 Å². The van der Waals surface area contributed by atoms with Gasteiger partial charge in [-0.2, -0.15) is 0 Å². The van der Waals surface area contributed by atoms with Crippen LogP contribution in [-0.4, -0.2) is 29.2 Å². The third-order valence-electron chi connectivity index (χ3n) is 3.79. The van der Waals surface area contributed by atoms with Gasteiger partial charge < -0.3 is 4.90 Å². The van der Waals surface area contributed by atoms with Gasteiger partial charge in [0.05, 0.1) is 0 Å². The van der Waals surface area contributed by atoms with E-state index in [4.69, 9.17) is 0 Å². The Hall–Kier alpha value is -0.0500. The van der Waals surface area contributed by atoms with Crippen LogP contribution in [-0.2, 0) is 4.79 Å². The van der Waals surface area contributed by atoms with E-state index >= 15 is 0 Å². The van der Waals surface area contributed by atoms with Gasteiger partial charge in [-0.05, 0) is 19.8 Å². The van der Waals surface area contributed by atoms with E-state index in [2.05, 4.69) is 29.8 Å². The first-order valence-electron chi connectivity index (χ1n) is 8.60. The van der Waals surface area contributed by atoms with E-state index in [0.29, 0.717) is 5.91 Å². The summed E-state index contributed by atoms with van der Waals surface area (Å²) in [7, 11) is 0. The number of halogens is 1. The number of carbonyl (C=O) groups is 1. The number of rotatable bonds is 14. The van der Waals surface area contributed by atoms with Gasteiger partial charge in [-0.3, -0.25) is 4.79 Å². The molecular formula is C17H34BrNO. The number of hydrogen-bond acceptors (Lipinski definition) is 1. The summed E-state index contributed by atoms with van der Waals surface area (Å²) in [5, 5.41) is 0.981. The molecule has 0 fully saturated rings. The fourth-order valence-electron chi connectivity index (χ4n) is 2.45. The molecule has 0 atom stereocenters. The fraction of sp³-hybridized carbons (Fsp3) is 0.941. The first-order chi connectivity index (χ1) is 9.76. The van der Waals surface area contributed by atoms with Gasteiger partial charge >= 0.3 is 0 Å². The second-order valence-electron chi connectivity index (χ2n) is 5.59. The molecule has 20 heavy (non-hydrogen) atoms. The Balaban J connectivity index is 3.41. The van der Waals surface area contributed by atoms with Gasteiger partial charge in [0.15, 0.2) is 0 Å². The zero-order valence-electron chi connectivity index (χ0n) is 13.6. The number of nitrogens with zero attached hydrogens (tertiary/aromatic N) is 1. The van der Waals surface area contributed by atoms with Crippen molar-refractivity contribution >= 4 is 21.8 Å². The molecule has 0 rings (SSSR count). The summed E-state index contributed by atoms with van der Waals surface area (Å²) >= 11 is 3.42. The molecule has 0 unspecified atom stereocenters. The third-order valence-corrected chi connectivity index (χ3v) is 4.35. The Morgan fingerprint density at radius 2 is 1.40 bits per heavy atom. The van der Waals surface area contributed by atoms with Crippen LogP contribution in [0.25, 0.3) is 0 Å². The number of unbranched alkanes of at least 4 members (excludes halogenated alkanes) is 8. The van der Waals surface area contributed by atoms with Crippen LogP contribution < -0.4 is 0 Å². The van der Waals surface area contributed by atoms with Gasteiger partial charge in [-0.15, -0.1) is 0 Å². The van der Waals surface area contributed by atoms with Crippen LogP contribution in [0, 0.1) is 0 Å². The molecule has 0 aromatic rings. The van der Waals surface area contributed by atoms with Crippen molar-refractivity contribution in [3.05, 3.63) is 0 Å². The predicted octanol–water partition coefficient (Wildman–Crippen LogP) is 5.54. The lowest BCUT2D eigenvalue weighted by Crippen LogP contribution is -2.31. The largest absolute Gasteiger partial charge is 0.343 e. The number of carbonyl (C=O) groups excluding carboxylic acids is 1. The molecule has 0 saturated carbocycles. The quantitative estimate of drug-likeness (QED) is 0.298. The monoisotopic (exact) mass is 347 g/mol. The molecular weight excluding hydrogens is 314 g/mol. The van der Waals surface area contributed by atoms with E-state index in [1.807, 2.05) is 4.90 Å². The van der Waals surface area contributed by atoms with Crippen molar-refractivity contribution in [2.75, 3.05) is 18.4 Å². The molecule has 120 valence electrons. The van der Waals surface area contributed by atoms with Crippen molar-refractivity contribution in [3.63, 3.8) is 0 Å². The highest BCUT2D eigenvalue weighted by molar-refractivity contribution is 9.09. The normalized spacial score (nSPS) is 10.8. The zero-order chi connectivity index (χ0) is 15.1. The summed E-state index contributed by atoms with van der Waals surface area (Å²) in [6.45, 7) is 6.08. The van der Waals surface area contributed by atoms with E-state index in [1.165, 1.54) is 51.4 Å². The SMILES string of the molecule is CCCCCCCCCCCC(=O)N(CC)CCCBr. The summed E-state index contributed by atoms with van der Waals surface area (Å²) in [5.41, 5.74) is 0. The minimum atomic E-state index is 0.344. The van der Waals surface area contributed by atoms with Gasteiger partial charge in [0.25, 0.3) is 0 Å². The van der Waals surface area contributed by atoms with Crippen LogP contribution in [0.4, 0.5) is 0 Å². The molecule has 0 N–H and O–H groups in total. The smallest absolute Gasteiger partial charge is 0.222 e. The van der Waals surface area contributed by atoms with Crippen LogP contribution in [0.5, 0.6) is 0 Å². The molecule has 0 bridgehead atoms. The Bertz CT molecular complexity index is 221. The molecule has 0 saturated heterocycles. The van der Waals surface area contributed by atoms with Crippen molar-refractivity contribution < 1.29 is 4.79 Å². The molecule has 0 heterocycles. The van der Waals surface area contributed by atoms with Gasteiger partial charge in [0, 0.05) is 24.8 Å². The van der Waals surface area contributed by atoms with Crippen LogP contribution >= 0.6 is 15.9 Å². The maximum Gasteiger partial charge on any atom is 0.222 e. The molecule has 1 amide bonds. The second-order valence-corrected chi connectivity index (χ2v) is 6.39. The third kappa shape index (κ3) is 11.7. The van der Waals surface area contributed by atoms with E-state index in [1.54, 1.807) is 0 Å². The highest BCUT2D eigenvalue weighted by atomic mass is 79.9. The summed E-state index contributed by atoms with van der Waals surface area (Å²) in [5.74, 6) is 0.344. The molecule has 0 aliphatic carbocycles. The van der Waals surface area contributed by atoms with Crippen LogP contribution in [0.15, 0.2) is 0 Å². The summed E-state index contributed by atoms with van der Waals surface area (Å²) in [6.07, 6.45) is 13.6. The Kier molecular flexibility index (Phi) is 15.3. The predicted molar refractivity (Wildman–Crippen MR) is 92.5 cm³/mol. The first-order valence-corrected chi connectivity index (χ1v) is 9.72. The second kappa shape index (κ2) is 15.3. The van der Waals surface area contributed by atoms with E-state index in [9.17, 15) is 4.79 Å². The van der Waals surface area contributed by atoms with Gasteiger partial charge in [-0.1, -0.05) is 74.2 Å². The van der Waals surface area contributed by atoms with Crippen molar-refractivity contribution in [2.45, 2.75) is 84.5 Å². The van der Waals surface area contributed by atoms with Crippen molar-refractivity contribution in [1.29, 1.82) is 0 Å². The number of hydrogen-bond donors (Lipinski definition) is 0. The van der Waals surface area contributed by atoms with Crippen LogP contribution in [0.3, 0.4) is 0 Å². The maximum atomic E-state index is 12.0. The molecule has 3 heteroatoms. The van der Waals surface area contributed by atoms with E-state index in [-0.39, 0.29) is 0 Å². The molecule has 0 aromatic heterocycles. The molecule has 0 aromatic carbocycles. The van der Waals surface area contributed by atoms with Crippen molar-refractivity contribution in [1.82, 2.24) is 4.90 Å². The van der Waals surface area contributed by atoms with Crippen LogP contribution in [0.2, 0.25) is 0 Å². The number of amides is 1. The topological polar surface area (TPSA) is 20.3 Å². The Morgan fingerprint density at radius 3 is 1.90 bits per heavy atom. The number of alkyl halides is 1. The lowest BCUT2D eigenvalue weighted by Gasteiger charge is -2.20. The highest BCUT2D eigenvalue weighted by Gasteiger charge is 2.09. The zero-order valence-corrected chi connectivity index (χ0v) is 15.2. The highest BCUT2D eigenvalue weighted by Crippen LogP contribution is 2.11. The lowest BCUT2D eigenvalue weighted by molar-refractivity contribution is -0.131. The molecule has 2 nitrogen and oxygen atoms in total. The van der Waals surface area contributed by atoms with Crippen molar-refractivity contribution in [2.24, 2.45) is 0 Å². The Morgan fingerprint density at radius 1 is 0.850 bits per heavy atom. The van der Waals surface area contributed by atoms with Gasteiger partial charge in [0.2, 0.25) is 5.91 Å². The average Bonchev–Trinajstić information content (AvgIpc) is 2.46. The van der Waals surface area contributed by atoms with E-state index < -0.39 is 0 Å². The fourth-order valence-corrected chi connectivity index (χ4v) is 2.71. The minimum absolute atomic E-state index is 0.344. The summed E-state index contributed by atoms with van der Waals surface area (Å²) < 4.78 is 0. The average molecular weight is 348 g/mol. The standard InChI is InChI=1S/C17H34BrNO/c1-3-5-6-7-8-9-10-11-12-14-17(20)19(4-2)16-13-15-18/h3-16H2,1-2H3. The maximum absolute atomic E-state index is 12.0. The molecule has 0 radical (unpaired) electrons. The van der Waals surface area contributed by atoms with E-state index in [0.717, 1.165) is 37.7 Å². The summed E-state index contributed by atoms with van der Waals surface area (Å²) in [6, 6.07) is 0.